The van der Waals surface area contributed by atoms with E-state index < -0.39 is 27.9 Å². The van der Waals surface area contributed by atoms with Crippen LogP contribution in [-0.2, 0) is 19.6 Å². The van der Waals surface area contributed by atoms with E-state index in [9.17, 15) is 18.0 Å². The van der Waals surface area contributed by atoms with Gasteiger partial charge in [-0.25, -0.2) is 18.4 Å². The molecule has 1 atom stereocenters. The molecule has 3 N–H and O–H groups in total. The van der Waals surface area contributed by atoms with Crippen molar-refractivity contribution in [3.05, 3.63) is 12.4 Å². The van der Waals surface area contributed by atoms with Crippen molar-refractivity contribution in [2.45, 2.75) is 30.7 Å². The predicted molar refractivity (Wildman–Crippen MR) is 72.7 cm³/mol. The molecule has 1 aromatic rings. The number of hydrogen-bond acceptors (Lipinski definition) is 7. The van der Waals surface area contributed by atoms with Crippen LogP contribution in [-0.4, -0.2) is 42.8 Å². The summed E-state index contributed by atoms with van der Waals surface area (Å²) in [6.07, 6.45) is 2.52. The minimum atomic E-state index is -3.92. The van der Waals surface area contributed by atoms with Crippen LogP contribution in [0.3, 0.4) is 0 Å². The van der Waals surface area contributed by atoms with Gasteiger partial charge in [0.25, 0.3) is 0 Å². The van der Waals surface area contributed by atoms with E-state index >= 15 is 0 Å². The molecule has 2 heterocycles. The molecule has 0 spiro atoms. The Labute approximate surface area is 121 Å². The molecular formula is C11H15N5O4S. The lowest BCUT2D eigenvalue weighted by atomic mass is 10.1. The third kappa shape index (κ3) is 3.73. The van der Waals surface area contributed by atoms with E-state index in [2.05, 4.69) is 25.3 Å². The van der Waals surface area contributed by atoms with Gasteiger partial charge in [-0.3, -0.25) is 14.9 Å². The quantitative estimate of drug-likeness (QED) is 0.594. The fourth-order valence-electron chi connectivity index (χ4n) is 1.77. The van der Waals surface area contributed by atoms with Gasteiger partial charge in [-0.1, -0.05) is 0 Å². The summed E-state index contributed by atoms with van der Waals surface area (Å²) in [6, 6.07) is -0.971. The lowest BCUT2D eigenvalue weighted by molar-refractivity contribution is -0.134. The van der Waals surface area contributed by atoms with E-state index in [0.29, 0.717) is 12.5 Å². The highest BCUT2D eigenvalue weighted by atomic mass is 32.2. The Bertz CT molecular complexity index is 643. The highest BCUT2D eigenvalue weighted by Crippen LogP contribution is 2.11. The van der Waals surface area contributed by atoms with Gasteiger partial charge in [0.15, 0.2) is 0 Å². The van der Waals surface area contributed by atoms with Gasteiger partial charge in [-0.05, 0) is 13.3 Å². The number of piperidine rings is 1. The van der Waals surface area contributed by atoms with E-state index in [0.717, 1.165) is 12.4 Å². The van der Waals surface area contributed by atoms with E-state index in [1.807, 2.05) is 6.92 Å². The van der Waals surface area contributed by atoms with E-state index in [4.69, 9.17) is 0 Å². The number of carbonyl (C=O) groups is 2. The summed E-state index contributed by atoms with van der Waals surface area (Å²) in [7, 11) is -3.92. The van der Waals surface area contributed by atoms with Gasteiger partial charge in [0.1, 0.15) is 10.9 Å². The van der Waals surface area contributed by atoms with E-state index in [1.54, 1.807) is 0 Å². The normalized spacial score (nSPS) is 19.2. The van der Waals surface area contributed by atoms with Crippen LogP contribution in [0.5, 0.6) is 0 Å². The average Bonchev–Trinajstić information content (AvgIpc) is 2.43. The Morgan fingerprint density at radius 1 is 1.33 bits per heavy atom. The summed E-state index contributed by atoms with van der Waals surface area (Å²) >= 11 is 0. The molecule has 1 aliphatic heterocycles. The topological polar surface area (TPSA) is 130 Å². The van der Waals surface area contributed by atoms with Gasteiger partial charge in [0, 0.05) is 13.0 Å². The maximum atomic E-state index is 12.1. The predicted octanol–water partition coefficient (Wildman–Crippen LogP) is -1.01. The van der Waals surface area contributed by atoms with Crippen molar-refractivity contribution in [2.75, 3.05) is 11.9 Å². The molecule has 0 saturated carbocycles. The number of imide groups is 1. The van der Waals surface area contributed by atoms with Crippen molar-refractivity contribution < 1.29 is 18.0 Å². The number of nitrogens with zero attached hydrogens (tertiary/aromatic N) is 2. The second-order valence-electron chi connectivity index (χ2n) is 4.40. The molecule has 2 rings (SSSR count). The zero-order valence-corrected chi connectivity index (χ0v) is 12.1. The zero-order valence-electron chi connectivity index (χ0n) is 11.3. The maximum Gasteiger partial charge on any atom is 0.244 e. The standard InChI is InChI=1S/C11H15N5O4S/c1-2-12-11-13-5-7(6-14-11)21(19,20)16-8-3-4-9(17)15-10(8)18/h5-6,8,16H,2-4H2,1H3,(H,12,13,14)(H,15,17,18). The second kappa shape index (κ2) is 6.14. The Hall–Kier alpha value is -2.07. The van der Waals surface area contributed by atoms with Crippen molar-refractivity contribution in [3.8, 4) is 0 Å². The number of nitrogens with one attached hydrogen (secondary N) is 3. The summed E-state index contributed by atoms with van der Waals surface area (Å²) < 4.78 is 26.5. The van der Waals surface area contributed by atoms with Gasteiger partial charge in [-0.2, -0.15) is 4.72 Å². The smallest absolute Gasteiger partial charge is 0.244 e. The monoisotopic (exact) mass is 313 g/mol. The van der Waals surface area contributed by atoms with E-state index in [-0.39, 0.29) is 17.7 Å². The van der Waals surface area contributed by atoms with Crippen molar-refractivity contribution in [3.63, 3.8) is 0 Å². The first-order chi connectivity index (χ1) is 9.92. The van der Waals surface area contributed by atoms with Gasteiger partial charge < -0.3 is 5.32 Å². The van der Waals surface area contributed by atoms with Crippen LogP contribution in [0.25, 0.3) is 0 Å². The van der Waals surface area contributed by atoms with Crippen molar-refractivity contribution in [2.24, 2.45) is 0 Å². The fraction of sp³-hybridized carbons (Fsp3) is 0.455. The van der Waals surface area contributed by atoms with Gasteiger partial charge >= 0.3 is 0 Å². The molecule has 10 heteroatoms. The molecule has 114 valence electrons. The minimum absolute atomic E-state index is 0.0920. The van der Waals surface area contributed by atoms with Crippen molar-refractivity contribution in [1.29, 1.82) is 0 Å². The third-order valence-electron chi connectivity index (χ3n) is 2.81. The van der Waals surface area contributed by atoms with Gasteiger partial charge in [0.05, 0.1) is 12.4 Å². The third-order valence-corrected chi connectivity index (χ3v) is 4.24. The Kier molecular flexibility index (Phi) is 4.48. The first-order valence-corrected chi connectivity index (χ1v) is 7.82. The zero-order chi connectivity index (χ0) is 15.5. The first-order valence-electron chi connectivity index (χ1n) is 6.34. The van der Waals surface area contributed by atoms with Crippen LogP contribution in [0.1, 0.15) is 19.8 Å². The lowest BCUT2D eigenvalue weighted by Gasteiger charge is -2.21. The van der Waals surface area contributed by atoms with Crippen LogP contribution >= 0.6 is 0 Å². The molecule has 1 saturated heterocycles. The van der Waals surface area contributed by atoms with Crippen LogP contribution in [0.4, 0.5) is 5.95 Å². The Balaban J connectivity index is 2.11. The average molecular weight is 313 g/mol. The first kappa shape index (κ1) is 15.3. The van der Waals surface area contributed by atoms with Crippen LogP contribution in [0.15, 0.2) is 17.3 Å². The Morgan fingerprint density at radius 3 is 2.57 bits per heavy atom. The number of anilines is 1. The molecule has 1 aromatic heterocycles. The molecule has 9 nitrogen and oxygen atoms in total. The number of aromatic nitrogens is 2. The highest BCUT2D eigenvalue weighted by molar-refractivity contribution is 7.89. The van der Waals surface area contributed by atoms with Crippen LogP contribution in [0, 0.1) is 0 Å². The molecule has 1 unspecified atom stereocenters. The molecule has 0 radical (unpaired) electrons. The molecule has 0 bridgehead atoms. The molecule has 0 aromatic carbocycles. The summed E-state index contributed by atoms with van der Waals surface area (Å²) in [4.78, 5) is 30.2. The molecular weight excluding hydrogens is 298 g/mol. The summed E-state index contributed by atoms with van der Waals surface area (Å²) in [6.45, 7) is 2.47. The largest absolute Gasteiger partial charge is 0.355 e. The second-order valence-corrected chi connectivity index (χ2v) is 6.11. The number of sulfonamides is 1. The summed E-state index contributed by atoms with van der Waals surface area (Å²) in [5.41, 5.74) is 0. The molecule has 0 aliphatic carbocycles. The van der Waals surface area contributed by atoms with Crippen molar-refractivity contribution >= 4 is 27.8 Å². The molecule has 2 amide bonds. The molecule has 21 heavy (non-hydrogen) atoms. The maximum absolute atomic E-state index is 12.1. The van der Waals surface area contributed by atoms with Gasteiger partial charge in [0.2, 0.25) is 27.8 Å². The highest BCUT2D eigenvalue weighted by Gasteiger charge is 2.31. The Morgan fingerprint density at radius 2 is 2.00 bits per heavy atom. The lowest BCUT2D eigenvalue weighted by Crippen LogP contribution is -2.52. The minimum Gasteiger partial charge on any atom is -0.355 e. The molecule has 1 fully saturated rings. The number of rotatable bonds is 5. The van der Waals surface area contributed by atoms with Crippen LogP contribution < -0.4 is 15.4 Å². The SMILES string of the molecule is CCNc1ncc(S(=O)(=O)NC2CCC(=O)NC2=O)cn1. The van der Waals surface area contributed by atoms with E-state index in [1.165, 1.54) is 0 Å². The number of amides is 2. The summed E-state index contributed by atoms with van der Waals surface area (Å²) in [5.74, 6) is -0.744. The number of hydrogen-bond donors (Lipinski definition) is 3. The van der Waals surface area contributed by atoms with Gasteiger partial charge in [-0.15, -0.1) is 0 Å². The molecule has 1 aliphatic rings. The fourth-order valence-corrected chi connectivity index (χ4v) is 2.88. The summed E-state index contributed by atoms with van der Waals surface area (Å²) in [5, 5.41) is 4.92. The van der Waals surface area contributed by atoms with Crippen LogP contribution in [0.2, 0.25) is 0 Å². The number of carbonyl (C=O) groups excluding carboxylic acids is 2. The van der Waals surface area contributed by atoms with Crippen molar-refractivity contribution in [1.82, 2.24) is 20.0 Å².